The van der Waals surface area contributed by atoms with E-state index in [4.69, 9.17) is 12.2 Å². The van der Waals surface area contributed by atoms with Crippen molar-refractivity contribution in [2.45, 2.75) is 0 Å². The van der Waals surface area contributed by atoms with Crippen LogP contribution in [0.2, 0.25) is 0 Å². The zero-order valence-corrected chi connectivity index (χ0v) is 16.0. The van der Waals surface area contributed by atoms with Gasteiger partial charge in [-0.05, 0) is 54.2 Å². The topological polar surface area (TPSA) is 68.4 Å². The molecule has 0 bridgehead atoms. The van der Waals surface area contributed by atoms with Gasteiger partial charge in [-0.3, -0.25) is 19.8 Å². The van der Waals surface area contributed by atoms with Gasteiger partial charge in [0, 0.05) is 29.7 Å². The van der Waals surface area contributed by atoms with Crippen LogP contribution in [0.3, 0.4) is 0 Å². The molecule has 6 nitrogen and oxygen atoms in total. The smallest absolute Gasteiger partial charge is 0.296 e. The fraction of sp³-hybridized carbons (Fsp3) is 0. The number of anilines is 1. The number of nitro benzene ring substituents is 1. The molecule has 1 amide bonds. The van der Waals surface area contributed by atoms with Crippen LogP contribution in [0.4, 0.5) is 16.2 Å². The average molecular weight is 407 g/mol. The molecule has 1 aliphatic heterocycles. The number of benzene rings is 2. The normalized spacial score (nSPS) is 15.4. The number of carbonyl (C=O) groups is 1. The minimum atomic E-state index is -0.431. The molecule has 4 rings (SSSR count). The van der Waals surface area contributed by atoms with E-state index in [1.54, 1.807) is 12.1 Å². The quantitative estimate of drug-likeness (QED) is 0.250. The van der Waals surface area contributed by atoms with Gasteiger partial charge in [0.05, 0.1) is 15.5 Å². The fourth-order valence-corrected chi connectivity index (χ4v) is 4.15. The van der Waals surface area contributed by atoms with Crippen molar-refractivity contribution in [3.63, 3.8) is 0 Å². The van der Waals surface area contributed by atoms with Crippen molar-refractivity contribution in [2.75, 3.05) is 4.90 Å². The highest BCUT2D eigenvalue weighted by molar-refractivity contribution is 8.20. The molecule has 0 N–H and O–H groups in total. The molecule has 0 unspecified atom stereocenters. The standard InChI is InChI=1S/C20H13N3O3S2/c24-20-22(15-5-2-1-3-6-15)19(27)18(28-20)13-17-7-4-12-21(17)14-8-10-16(11-9-14)23(25)26/h1-13H/b18-13-. The molecule has 1 aliphatic rings. The predicted octanol–water partition coefficient (Wildman–Crippen LogP) is 5.43. The van der Waals surface area contributed by atoms with Crippen LogP contribution in [-0.4, -0.2) is 19.7 Å². The largest absolute Gasteiger partial charge is 0.317 e. The van der Waals surface area contributed by atoms with Crippen molar-refractivity contribution in [1.82, 2.24) is 4.57 Å². The molecule has 138 valence electrons. The van der Waals surface area contributed by atoms with Crippen molar-refractivity contribution in [3.8, 4) is 5.69 Å². The Morgan fingerprint density at radius 3 is 2.36 bits per heavy atom. The number of carbonyl (C=O) groups excluding carboxylic acids is 1. The molecule has 1 fully saturated rings. The number of thiocarbonyl (C=S) groups is 1. The molecule has 1 saturated heterocycles. The van der Waals surface area contributed by atoms with Crippen LogP contribution in [-0.2, 0) is 0 Å². The summed E-state index contributed by atoms with van der Waals surface area (Å²) < 4.78 is 1.88. The maximum atomic E-state index is 12.5. The van der Waals surface area contributed by atoms with E-state index in [2.05, 4.69) is 0 Å². The number of rotatable bonds is 4. The van der Waals surface area contributed by atoms with Crippen molar-refractivity contribution in [2.24, 2.45) is 0 Å². The summed E-state index contributed by atoms with van der Waals surface area (Å²) in [6.07, 6.45) is 3.71. The van der Waals surface area contributed by atoms with Crippen molar-refractivity contribution in [1.29, 1.82) is 0 Å². The van der Waals surface area contributed by atoms with Crippen LogP contribution in [0.1, 0.15) is 5.69 Å². The van der Waals surface area contributed by atoms with Crippen LogP contribution in [0.5, 0.6) is 0 Å². The van der Waals surface area contributed by atoms with Gasteiger partial charge in [0.1, 0.15) is 4.99 Å². The number of thioether (sulfide) groups is 1. The lowest BCUT2D eigenvalue weighted by Gasteiger charge is -2.14. The summed E-state index contributed by atoms with van der Waals surface area (Å²) in [4.78, 5) is 25.5. The van der Waals surface area contributed by atoms with Crippen molar-refractivity contribution in [3.05, 3.63) is 93.6 Å². The van der Waals surface area contributed by atoms with Crippen LogP contribution in [0, 0.1) is 10.1 Å². The van der Waals surface area contributed by atoms with Gasteiger partial charge in [0.15, 0.2) is 0 Å². The predicted molar refractivity (Wildman–Crippen MR) is 115 cm³/mol. The number of aromatic nitrogens is 1. The monoisotopic (exact) mass is 407 g/mol. The number of amides is 1. The first kappa shape index (κ1) is 18.1. The summed E-state index contributed by atoms with van der Waals surface area (Å²) in [5.41, 5.74) is 2.37. The number of non-ortho nitro benzene ring substituents is 1. The van der Waals surface area contributed by atoms with E-state index in [0.717, 1.165) is 28.8 Å². The number of para-hydroxylation sites is 1. The van der Waals surface area contributed by atoms with Crippen LogP contribution in [0.15, 0.2) is 77.8 Å². The Kier molecular flexibility index (Phi) is 4.81. The summed E-state index contributed by atoms with van der Waals surface area (Å²) in [7, 11) is 0. The van der Waals surface area contributed by atoms with E-state index >= 15 is 0 Å². The van der Waals surface area contributed by atoms with Gasteiger partial charge in [-0.15, -0.1) is 0 Å². The van der Waals surface area contributed by atoms with E-state index in [9.17, 15) is 14.9 Å². The Balaban J connectivity index is 1.66. The SMILES string of the molecule is O=C1S/C(=C\c2cccn2-c2ccc([N+](=O)[O-])cc2)C(=S)N1c1ccccc1. The highest BCUT2D eigenvalue weighted by Crippen LogP contribution is 2.36. The third-order valence-electron chi connectivity index (χ3n) is 4.21. The molecule has 0 aliphatic carbocycles. The van der Waals surface area contributed by atoms with Gasteiger partial charge in [0.2, 0.25) is 0 Å². The molecule has 8 heteroatoms. The summed E-state index contributed by atoms with van der Waals surface area (Å²) in [6.45, 7) is 0. The van der Waals surface area contributed by atoms with Crippen molar-refractivity contribution >= 4 is 51.7 Å². The van der Waals surface area contributed by atoms with Gasteiger partial charge >= 0.3 is 0 Å². The minimum absolute atomic E-state index is 0.0347. The molecule has 0 atom stereocenters. The fourth-order valence-electron chi connectivity index (χ4n) is 2.88. The number of hydrogen-bond acceptors (Lipinski definition) is 5. The zero-order chi connectivity index (χ0) is 19.7. The first-order valence-corrected chi connectivity index (χ1v) is 9.52. The molecule has 28 heavy (non-hydrogen) atoms. The Bertz CT molecular complexity index is 1110. The molecule has 0 spiro atoms. The number of hydrogen-bond donors (Lipinski definition) is 0. The first-order valence-electron chi connectivity index (χ1n) is 8.30. The second-order valence-corrected chi connectivity index (χ2v) is 7.31. The summed E-state index contributed by atoms with van der Waals surface area (Å²) in [5, 5.41) is 10.7. The van der Waals surface area contributed by atoms with E-state index in [1.807, 2.05) is 59.3 Å². The summed E-state index contributed by atoms with van der Waals surface area (Å²) in [6, 6.07) is 19.3. The highest BCUT2D eigenvalue weighted by Gasteiger charge is 2.33. The maximum Gasteiger partial charge on any atom is 0.296 e. The molecular formula is C20H13N3O3S2. The molecule has 0 radical (unpaired) electrons. The summed E-state index contributed by atoms with van der Waals surface area (Å²) in [5.74, 6) is 0. The summed E-state index contributed by atoms with van der Waals surface area (Å²) >= 11 is 6.62. The van der Waals surface area contributed by atoms with Crippen molar-refractivity contribution < 1.29 is 9.72 Å². The molecule has 2 heterocycles. The highest BCUT2D eigenvalue weighted by atomic mass is 32.2. The number of nitrogens with zero attached hydrogens (tertiary/aromatic N) is 3. The van der Waals surface area contributed by atoms with Gasteiger partial charge in [-0.25, -0.2) is 0 Å². The molecule has 3 aromatic rings. The Morgan fingerprint density at radius 2 is 1.68 bits per heavy atom. The van der Waals surface area contributed by atoms with Gasteiger partial charge < -0.3 is 4.57 Å². The second kappa shape index (κ2) is 7.41. The molecule has 0 saturated carbocycles. The lowest BCUT2D eigenvalue weighted by atomic mass is 10.2. The van der Waals surface area contributed by atoms with Gasteiger partial charge in [-0.2, -0.15) is 0 Å². The Morgan fingerprint density at radius 1 is 0.964 bits per heavy atom. The third-order valence-corrected chi connectivity index (χ3v) is 5.63. The Hall–Kier alpha value is -3.23. The van der Waals surface area contributed by atoms with E-state index in [-0.39, 0.29) is 10.9 Å². The third kappa shape index (κ3) is 3.35. The van der Waals surface area contributed by atoms with E-state index in [1.165, 1.54) is 17.0 Å². The van der Waals surface area contributed by atoms with Crippen LogP contribution < -0.4 is 4.90 Å². The second-order valence-electron chi connectivity index (χ2n) is 5.93. The van der Waals surface area contributed by atoms with E-state index < -0.39 is 4.92 Å². The lowest BCUT2D eigenvalue weighted by molar-refractivity contribution is -0.384. The van der Waals surface area contributed by atoms with Gasteiger partial charge in [0.25, 0.3) is 10.9 Å². The maximum absolute atomic E-state index is 12.5. The van der Waals surface area contributed by atoms with Gasteiger partial charge in [-0.1, -0.05) is 30.4 Å². The average Bonchev–Trinajstić information content (AvgIpc) is 3.27. The number of nitro groups is 1. The zero-order valence-electron chi connectivity index (χ0n) is 14.4. The van der Waals surface area contributed by atoms with Crippen LogP contribution in [0.25, 0.3) is 11.8 Å². The molecule has 2 aromatic carbocycles. The van der Waals surface area contributed by atoms with E-state index in [0.29, 0.717) is 9.89 Å². The first-order chi connectivity index (χ1) is 13.5. The van der Waals surface area contributed by atoms with Crippen LogP contribution >= 0.6 is 24.0 Å². The molecular weight excluding hydrogens is 394 g/mol. The molecule has 1 aromatic heterocycles. The Labute approximate surface area is 170 Å². The minimum Gasteiger partial charge on any atom is -0.317 e. The lowest BCUT2D eigenvalue weighted by Crippen LogP contribution is -2.26.